The normalized spacial score (nSPS) is 54.5. The van der Waals surface area contributed by atoms with Crippen LogP contribution in [-0.4, -0.2) is 86.6 Å². The van der Waals surface area contributed by atoms with E-state index in [1.54, 1.807) is 13.0 Å². The highest BCUT2D eigenvalue weighted by Crippen LogP contribution is 2.70. The molecule has 5 N–H and O–H groups in total. The van der Waals surface area contributed by atoms with E-state index in [2.05, 4.69) is 6.92 Å². The van der Waals surface area contributed by atoms with Gasteiger partial charge >= 0.3 is 5.97 Å². The third-order valence-electron chi connectivity index (χ3n) is 12.1. The Morgan fingerprint density at radius 2 is 1.82 bits per heavy atom. The fourth-order valence-corrected chi connectivity index (χ4v) is 9.94. The molecule has 9 nitrogen and oxygen atoms in total. The van der Waals surface area contributed by atoms with Gasteiger partial charge in [0.05, 0.1) is 36.1 Å². The van der Waals surface area contributed by atoms with Gasteiger partial charge < -0.3 is 39.7 Å². The first-order chi connectivity index (χ1) is 18.0. The molecule has 2 heterocycles. The molecule has 4 aliphatic carbocycles. The van der Waals surface area contributed by atoms with Gasteiger partial charge in [0.1, 0.15) is 12.7 Å². The summed E-state index contributed by atoms with van der Waals surface area (Å²) in [6.07, 6.45) is 4.24. The first-order valence-corrected chi connectivity index (χ1v) is 14.6. The maximum Gasteiger partial charge on any atom is 0.331 e. The summed E-state index contributed by atoms with van der Waals surface area (Å²) in [7, 11) is 0. The predicted molar refractivity (Wildman–Crippen MR) is 134 cm³/mol. The van der Waals surface area contributed by atoms with Crippen LogP contribution in [0, 0.1) is 28.6 Å². The standard InChI is InChI=1S/C29H44O9/c1-16-25(33)22(31)12-24(37-16)38-18-3-8-27(15-30)20-4-7-26(2)19(17-11-23(32)36-14-17)6-10-29(26,35)21(20)5-9-28(27,34)13-18/h11,16,18-22,24-25,30-31,33-35H,3-10,12-15H2,1-2H3/t16-,18+,19+,20?,21?,22+,24+,25-,26-,27+,28+,29+/m1/s1. The summed E-state index contributed by atoms with van der Waals surface area (Å²) in [5.41, 5.74) is -2.15. The molecule has 0 aromatic carbocycles. The molecule has 38 heavy (non-hydrogen) atoms. The van der Waals surface area contributed by atoms with Crippen LogP contribution >= 0.6 is 0 Å². The van der Waals surface area contributed by atoms with Gasteiger partial charge in [0.25, 0.3) is 0 Å². The zero-order chi connectivity index (χ0) is 27.1. The lowest BCUT2D eigenvalue weighted by atomic mass is 9.41. The monoisotopic (exact) mass is 536 g/mol. The Hall–Kier alpha value is -1.07. The van der Waals surface area contributed by atoms with Crippen LogP contribution in [0.1, 0.15) is 78.1 Å². The highest BCUT2D eigenvalue weighted by molar-refractivity contribution is 5.85. The van der Waals surface area contributed by atoms with Crippen LogP contribution in [0.2, 0.25) is 0 Å². The molecule has 1 saturated heterocycles. The SMILES string of the molecule is C[C@H]1O[C@@H](O[C@H]2CC[C@]3(CO)C4CC[C@]5(C)[C@H](C6=CC(=O)OC6)CC[C@]5(O)C4CC[C@]3(O)C2)C[C@H](O)[C@@H]1O. The summed E-state index contributed by atoms with van der Waals surface area (Å²) in [6.45, 7) is 4.05. The summed E-state index contributed by atoms with van der Waals surface area (Å²) < 4.78 is 17.2. The Morgan fingerprint density at radius 3 is 2.50 bits per heavy atom. The average molecular weight is 537 g/mol. The van der Waals surface area contributed by atoms with Gasteiger partial charge in [0, 0.05) is 29.7 Å². The molecule has 0 amide bonds. The van der Waals surface area contributed by atoms with E-state index < -0.39 is 41.2 Å². The van der Waals surface area contributed by atoms with E-state index in [1.807, 2.05) is 0 Å². The molecule has 0 aromatic heterocycles. The molecule has 214 valence electrons. The van der Waals surface area contributed by atoms with Gasteiger partial charge in [0.15, 0.2) is 6.29 Å². The van der Waals surface area contributed by atoms with Gasteiger partial charge in [0.2, 0.25) is 0 Å². The number of esters is 1. The van der Waals surface area contributed by atoms with E-state index in [0.717, 1.165) is 24.8 Å². The quantitative estimate of drug-likeness (QED) is 0.267. The molecule has 0 radical (unpaired) electrons. The van der Waals surface area contributed by atoms with Crippen LogP contribution in [0.3, 0.4) is 0 Å². The average Bonchev–Trinajstić information content (AvgIpc) is 3.41. The van der Waals surface area contributed by atoms with Gasteiger partial charge in [-0.25, -0.2) is 4.79 Å². The van der Waals surface area contributed by atoms with Crippen molar-refractivity contribution < 1.29 is 44.5 Å². The number of hydrogen-bond donors (Lipinski definition) is 5. The van der Waals surface area contributed by atoms with Crippen molar-refractivity contribution in [3.8, 4) is 0 Å². The molecule has 4 saturated carbocycles. The molecule has 12 atom stereocenters. The van der Waals surface area contributed by atoms with Gasteiger partial charge in [-0.05, 0) is 81.6 Å². The summed E-state index contributed by atoms with van der Waals surface area (Å²) in [5, 5.41) is 55.6. The number of rotatable bonds is 4. The maximum absolute atomic E-state index is 12.4. The van der Waals surface area contributed by atoms with Crippen molar-refractivity contribution in [1.82, 2.24) is 0 Å². The highest BCUT2D eigenvalue weighted by Gasteiger charge is 2.71. The Labute approximate surface area is 224 Å². The van der Waals surface area contributed by atoms with Gasteiger partial charge in [-0.3, -0.25) is 0 Å². The van der Waals surface area contributed by atoms with Crippen LogP contribution < -0.4 is 0 Å². The van der Waals surface area contributed by atoms with Crippen molar-refractivity contribution in [3.63, 3.8) is 0 Å². The zero-order valence-electron chi connectivity index (χ0n) is 22.6. The first-order valence-electron chi connectivity index (χ1n) is 14.6. The molecule has 6 aliphatic rings. The van der Waals surface area contributed by atoms with Crippen LogP contribution in [-0.2, 0) is 19.0 Å². The molecule has 0 spiro atoms. The van der Waals surface area contributed by atoms with Crippen LogP contribution in [0.25, 0.3) is 0 Å². The second kappa shape index (κ2) is 9.23. The van der Waals surface area contributed by atoms with Gasteiger partial charge in [-0.15, -0.1) is 0 Å². The Bertz CT molecular complexity index is 973. The minimum atomic E-state index is -1.12. The van der Waals surface area contributed by atoms with Crippen molar-refractivity contribution in [2.75, 3.05) is 13.2 Å². The number of ether oxygens (including phenoxy) is 3. The zero-order valence-corrected chi connectivity index (χ0v) is 22.6. The van der Waals surface area contributed by atoms with E-state index in [0.29, 0.717) is 45.1 Å². The van der Waals surface area contributed by atoms with Gasteiger partial charge in [-0.2, -0.15) is 0 Å². The topological polar surface area (TPSA) is 146 Å². The molecular weight excluding hydrogens is 492 g/mol. The van der Waals surface area contributed by atoms with E-state index in [9.17, 15) is 30.3 Å². The molecule has 0 aromatic rings. The molecule has 2 aliphatic heterocycles. The summed E-state index contributed by atoms with van der Waals surface area (Å²) in [5.74, 6) is -0.245. The Kier molecular flexibility index (Phi) is 6.58. The molecule has 6 rings (SSSR count). The van der Waals surface area contributed by atoms with E-state index in [1.165, 1.54) is 0 Å². The largest absolute Gasteiger partial charge is 0.458 e. The molecule has 2 unspecified atom stereocenters. The third-order valence-corrected chi connectivity index (χ3v) is 12.1. The molecular formula is C29H44O9. The second-order valence-electron chi connectivity index (χ2n) is 13.5. The highest BCUT2D eigenvalue weighted by atomic mass is 16.7. The summed E-state index contributed by atoms with van der Waals surface area (Å²) in [6, 6.07) is 0. The van der Waals surface area contributed by atoms with Crippen LogP contribution in [0.5, 0.6) is 0 Å². The lowest BCUT2D eigenvalue weighted by Crippen LogP contribution is -2.69. The van der Waals surface area contributed by atoms with Crippen molar-refractivity contribution >= 4 is 5.97 Å². The number of aliphatic hydroxyl groups is 5. The number of cyclic esters (lactones) is 1. The van der Waals surface area contributed by atoms with Crippen LogP contribution in [0.4, 0.5) is 0 Å². The fraction of sp³-hybridized carbons (Fsp3) is 0.897. The third kappa shape index (κ3) is 3.72. The fourth-order valence-electron chi connectivity index (χ4n) is 9.94. The number of carbonyl (C=O) groups is 1. The van der Waals surface area contributed by atoms with E-state index in [4.69, 9.17) is 14.2 Å². The molecule has 9 heteroatoms. The molecule has 0 bridgehead atoms. The summed E-state index contributed by atoms with van der Waals surface area (Å²) >= 11 is 0. The van der Waals surface area contributed by atoms with E-state index >= 15 is 0 Å². The predicted octanol–water partition coefficient (Wildman–Crippen LogP) is 1.57. The van der Waals surface area contributed by atoms with Crippen molar-refractivity contribution in [3.05, 3.63) is 11.6 Å². The number of hydrogen-bond acceptors (Lipinski definition) is 9. The number of fused-ring (bicyclic) bond motifs is 5. The smallest absolute Gasteiger partial charge is 0.331 e. The van der Waals surface area contributed by atoms with Crippen molar-refractivity contribution in [2.45, 2.75) is 120 Å². The lowest BCUT2D eigenvalue weighted by molar-refractivity contribution is -0.297. The first kappa shape index (κ1) is 27.1. The molecule has 5 fully saturated rings. The number of aliphatic hydroxyl groups excluding tert-OH is 3. The maximum atomic E-state index is 12.4. The number of carbonyl (C=O) groups excluding carboxylic acids is 1. The van der Waals surface area contributed by atoms with Crippen molar-refractivity contribution in [2.24, 2.45) is 28.6 Å². The summed E-state index contributed by atoms with van der Waals surface area (Å²) in [4.78, 5) is 11.8. The Balaban J connectivity index is 1.21. The van der Waals surface area contributed by atoms with E-state index in [-0.39, 0.29) is 48.3 Å². The lowest BCUT2D eigenvalue weighted by Gasteiger charge is -2.66. The van der Waals surface area contributed by atoms with Crippen molar-refractivity contribution in [1.29, 1.82) is 0 Å². The second-order valence-corrected chi connectivity index (χ2v) is 13.5. The minimum absolute atomic E-state index is 0.0117. The minimum Gasteiger partial charge on any atom is -0.458 e. The van der Waals surface area contributed by atoms with Gasteiger partial charge in [-0.1, -0.05) is 6.92 Å². The van der Waals surface area contributed by atoms with Crippen LogP contribution in [0.15, 0.2) is 11.6 Å². The Morgan fingerprint density at radius 1 is 1.05 bits per heavy atom.